The number of hydrogen-bond donors (Lipinski definition) is 0. The Balaban J connectivity index is 1.55. The molecule has 3 aromatic carbocycles. The van der Waals surface area contributed by atoms with Gasteiger partial charge in [-0.1, -0.05) is 48.5 Å². The number of carbonyl (C=O) groups is 1. The highest BCUT2D eigenvalue weighted by Crippen LogP contribution is 2.36. The number of rotatable bonds is 13. The van der Waals surface area contributed by atoms with E-state index in [2.05, 4.69) is 0 Å². The second-order valence-electron chi connectivity index (χ2n) is 7.37. The van der Waals surface area contributed by atoms with Gasteiger partial charge in [-0.3, -0.25) is 0 Å². The highest BCUT2D eigenvalue weighted by molar-refractivity contribution is 5.67. The van der Waals surface area contributed by atoms with Gasteiger partial charge in [0.1, 0.15) is 19.8 Å². The molecule has 0 heterocycles. The fourth-order valence-corrected chi connectivity index (χ4v) is 3.33. The fourth-order valence-electron chi connectivity index (χ4n) is 3.33. The fraction of sp³-hybridized carbons (Fsp3) is 0.296. The van der Waals surface area contributed by atoms with Gasteiger partial charge in [-0.15, -0.1) is 0 Å². The van der Waals surface area contributed by atoms with E-state index < -0.39 is 6.09 Å². The molecule has 8 heteroatoms. The second kappa shape index (κ2) is 13.6. The van der Waals surface area contributed by atoms with E-state index in [9.17, 15) is 4.79 Å². The van der Waals surface area contributed by atoms with E-state index in [0.29, 0.717) is 41.9 Å². The lowest BCUT2D eigenvalue weighted by atomic mass is 10.2. The first-order valence-electron chi connectivity index (χ1n) is 11.2. The topological polar surface area (TPSA) is 75.7 Å². The summed E-state index contributed by atoms with van der Waals surface area (Å²) in [6.07, 6.45) is -0.474. The van der Waals surface area contributed by atoms with E-state index in [1.54, 1.807) is 26.4 Å². The van der Waals surface area contributed by atoms with Crippen molar-refractivity contribution < 1.29 is 33.2 Å². The van der Waals surface area contributed by atoms with Crippen molar-refractivity contribution >= 4 is 6.09 Å². The van der Waals surface area contributed by atoms with E-state index in [1.807, 2.05) is 60.7 Å². The van der Waals surface area contributed by atoms with Crippen molar-refractivity contribution in [3.8, 4) is 28.7 Å². The lowest BCUT2D eigenvalue weighted by molar-refractivity contribution is 0.106. The van der Waals surface area contributed by atoms with Crippen LogP contribution in [0.1, 0.15) is 5.56 Å². The van der Waals surface area contributed by atoms with Gasteiger partial charge in [-0.2, -0.15) is 0 Å². The zero-order valence-corrected chi connectivity index (χ0v) is 20.3. The summed E-state index contributed by atoms with van der Waals surface area (Å²) >= 11 is 0. The number of nitrogens with zero attached hydrogens (tertiary/aromatic N) is 1. The number of ether oxygens (including phenoxy) is 6. The van der Waals surface area contributed by atoms with Crippen LogP contribution >= 0.6 is 0 Å². The molecule has 8 nitrogen and oxygen atoms in total. The molecule has 0 aliphatic heterocycles. The number of hydrogen-bond acceptors (Lipinski definition) is 7. The number of para-hydroxylation sites is 3. The van der Waals surface area contributed by atoms with Crippen LogP contribution in [-0.2, 0) is 11.3 Å². The van der Waals surface area contributed by atoms with Crippen LogP contribution in [0.15, 0.2) is 72.8 Å². The number of methoxy groups -OCH3 is 3. The summed E-state index contributed by atoms with van der Waals surface area (Å²) in [4.78, 5) is 13.8. The van der Waals surface area contributed by atoms with Gasteiger partial charge in [0.05, 0.1) is 34.4 Å². The average molecular weight is 482 g/mol. The summed E-state index contributed by atoms with van der Waals surface area (Å²) in [5, 5.41) is 0. The summed E-state index contributed by atoms with van der Waals surface area (Å²) in [7, 11) is 4.45. The van der Waals surface area contributed by atoms with Crippen LogP contribution < -0.4 is 23.7 Å². The Hall–Kier alpha value is -4.07. The molecule has 0 bridgehead atoms. The highest BCUT2D eigenvalue weighted by Gasteiger charge is 2.17. The van der Waals surface area contributed by atoms with Gasteiger partial charge >= 0.3 is 6.09 Å². The Morgan fingerprint density at radius 1 is 0.657 bits per heavy atom. The van der Waals surface area contributed by atoms with Crippen LogP contribution in [0.3, 0.4) is 0 Å². The average Bonchev–Trinajstić information content (AvgIpc) is 2.91. The minimum atomic E-state index is -0.474. The maximum Gasteiger partial charge on any atom is 0.409 e. The molecule has 0 spiro atoms. The minimum absolute atomic E-state index is 0.211. The van der Waals surface area contributed by atoms with Crippen molar-refractivity contribution in [2.75, 3.05) is 47.6 Å². The number of carbonyl (C=O) groups excluding carboxylic acids is 1. The zero-order valence-electron chi connectivity index (χ0n) is 20.3. The predicted molar refractivity (Wildman–Crippen MR) is 132 cm³/mol. The second-order valence-corrected chi connectivity index (χ2v) is 7.37. The van der Waals surface area contributed by atoms with E-state index >= 15 is 0 Å². The van der Waals surface area contributed by atoms with E-state index in [4.69, 9.17) is 28.4 Å². The molecule has 3 rings (SSSR count). The number of benzene rings is 3. The summed E-state index contributed by atoms with van der Waals surface area (Å²) in [5.74, 6) is 2.80. The van der Waals surface area contributed by atoms with Crippen molar-refractivity contribution in [2.24, 2.45) is 0 Å². The third kappa shape index (κ3) is 7.46. The molecule has 0 unspecified atom stereocenters. The summed E-state index contributed by atoms with van der Waals surface area (Å²) < 4.78 is 33.3. The molecular weight excluding hydrogens is 450 g/mol. The third-order valence-corrected chi connectivity index (χ3v) is 5.13. The normalized spacial score (nSPS) is 10.3. The lowest BCUT2D eigenvalue weighted by Gasteiger charge is -2.22. The summed E-state index contributed by atoms with van der Waals surface area (Å²) in [5.41, 5.74) is 1.06. The molecule has 0 N–H and O–H groups in total. The molecule has 186 valence electrons. The first kappa shape index (κ1) is 25.6. The Bertz CT molecular complexity index is 1040. The Morgan fingerprint density at radius 3 is 1.80 bits per heavy atom. The Labute approximate surface area is 205 Å². The van der Waals surface area contributed by atoms with E-state index in [0.717, 1.165) is 5.56 Å². The van der Waals surface area contributed by atoms with Crippen LogP contribution in [0, 0.1) is 0 Å². The Kier molecular flexibility index (Phi) is 9.92. The predicted octanol–water partition coefficient (Wildman–Crippen LogP) is 4.81. The van der Waals surface area contributed by atoms with E-state index in [1.165, 1.54) is 12.0 Å². The molecule has 3 aromatic rings. The van der Waals surface area contributed by atoms with Crippen molar-refractivity contribution in [3.63, 3.8) is 0 Å². The van der Waals surface area contributed by atoms with Crippen LogP contribution in [0.2, 0.25) is 0 Å². The van der Waals surface area contributed by atoms with Gasteiger partial charge in [-0.05, 0) is 29.8 Å². The van der Waals surface area contributed by atoms with Crippen molar-refractivity contribution in [2.45, 2.75) is 6.61 Å². The van der Waals surface area contributed by atoms with E-state index in [-0.39, 0.29) is 19.8 Å². The smallest absolute Gasteiger partial charge is 0.409 e. The highest BCUT2D eigenvalue weighted by atomic mass is 16.6. The van der Waals surface area contributed by atoms with Crippen molar-refractivity contribution in [1.29, 1.82) is 0 Å². The monoisotopic (exact) mass is 481 g/mol. The minimum Gasteiger partial charge on any atom is -0.493 e. The summed E-state index contributed by atoms with van der Waals surface area (Å²) in [6, 6.07) is 22.7. The van der Waals surface area contributed by atoms with Crippen LogP contribution in [0.25, 0.3) is 0 Å². The van der Waals surface area contributed by atoms with Crippen LogP contribution in [0.5, 0.6) is 28.7 Å². The first-order chi connectivity index (χ1) is 17.2. The molecule has 0 fully saturated rings. The maximum atomic E-state index is 12.3. The molecule has 35 heavy (non-hydrogen) atoms. The zero-order chi connectivity index (χ0) is 24.9. The van der Waals surface area contributed by atoms with Crippen molar-refractivity contribution in [1.82, 2.24) is 4.90 Å². The maximum absolute atomic E-state index is 12.3. The lowest BCUT2D eigenvalue weighted by Crippen LogP contribution is -2.37. The molecule has 0 atom stereocenters. The molecule has 0 radical (unpaired) electrons. The molecule has 0 saturated carbocycles. The van der Waals surface area contributed by atoms with Gasteiger partial charge < -0.3 is 33.3 Å². The SMILES string of the molecule is COC(=O)N(CCOc1ccccc1OCc1ccccc1)CCOc1c(OC)cccc1OC. The summed E-state index contributed by atoms with van der Waals surface area (Å²) in [6.45, 7) is 1.47. The van der Waals surface area contributed by atoms with Crippen LogP contribution in [-0.4, -0.2) is 58.6 Å². The first-order valence-corrected chi connectivity index (χ1v) is 11.2. The van der Waals surface area contributed by atoms with Crippen LogP contribution in [0.4, 0.5) is 4.79 Å². The van der Waals surface area contributed by atoms with Gasteiger partial charge in [0.15, 0.2) is 23.0 Å². The van der Waals surface area contributed by atoms with Crippen molar-refractivity contribution in [3.05, 3.63) is 78.4 Å². The molecule has 0 aliphatic carbocycles. The molecule has 0 aromatic heterocycles. The molecule has 0 saturated heterocycles. The van der Waals surface area contributed by atoms with Gasteiger partial charge in [-0.25, -0.2) is 4.79 Å². The molecule has 0 aliphatic rings. The standard InChI is InChI=1S/C27H31NO7/c1-30-24-14-9-15-25(31-2)26(24)34-19-17-28(27(29)32-3)16-18-33-22-12-7-8-13-23(22)35-20-21-10-5-4-6-11-21/h4-15H,16-20H2,1-3H3. The molecular formula is C27H31NO7. The number of amides is 1. The largest absolute Gasteiger partial charge is 0.493 e. The third-order valence-electron chi connectivity index (χ3n) is 5.13. The van der Waals surface area contributed by atoms with Gasteiger partial charge in [0, 0.05) is 0 Å². The van der Waals surface area contributed by atoms with Gasteiger partial charge in [0.2, 0.25) is 5.75 Å². The quantitative estimate of drug-likeness (QED) is 0.347. The molecule has 1 amide bonds. The Morgan fingerprint density at radius 2 is 1.20 bits per heavy atom. The van der Waals surface area contributed by atoms with Gasteiger partial charge in [0.25, 0.3) is 0 Å².